The standard InChI is InChI=1S/C72H138O6/c1-4-7-10-13-16-19-22-24-26-27-28-29-30-31-32-33-34-35-36-37-38-39-40-41-42-43-44-45-47-48-50-53-56-59-62-65-71(74)77-68-69(67-76-70(73)64-61-58-55-52-21-18-15-12-9-6-3)78-72(75)66-63-60-57-54-51-49-46-25-23-20-17-14-11-8-5-2/h12,15,69H,4-11,13-14,16-68H2,1-3H3/b15-12-. The molecule has 0 rings (SSSR count). The van der Waals surface area contributed by atoms with Crippen LogP contribution in [0.25, 0.3) is 0 Å². The van der Waals surface area contributed by atoms with Gasteiger partial charge in [0.25, 0.3) is 0 Å². The molecule has 1 unspecified atom stereocenters. The number of hydrogen-bond donors (Lipinski definition) is 0. The van der Waals surface area contributed by atoms with Crippen LogP contribution in [-0.4, -0.2) is 37.2 Å². The van der Waals surface area contributed by atoms with E-state index in [9.17, 15) is 14.4 Å². The average Bonchev–Trinajstić information content (AvgIpc) is 3.44. The van der Waals surface area contributed by atoms with Crippen molar-refractivity contribution in [2.24, 2.45) is 0 Å². The van der Waals surface area contributed by atoms with E-state index in [0.29, 0.717) is 19.3 Å². The molecule has 462 valence electrons. The fourth-order valence-corrected chi connectivity index (χ4v) is 11.2. The van der Waals surface area contributed by atoms with E-state index in [1.807, 2.05) is 0 Å². The number of carbonyl (C=O) groups excluding carboxylic acids is 3. The second kappa shape index (κ2) is 67.7. The van der Waals surface area contributed by atoms with Gasteiger partial charge in [-0.3, -0.25) is 14.4 Å². The molecule has 0 aromatic rings. The first-order chi connectivity index (χ1) is 38.5. The van der Waals surface area contributed by atoms with E-state index in [0.717, 1.165) is 70.6 Å². The maximum atomic E-state index is 12.9. The summed E-state index contributed by atoms with van der Waals surface area (Å²) in [6, 6.07) is 0. The highest BCUT2D eigenvalue weighted by molar-refractivity contribution is 5.71. The summed E-state index contributed by atoms with van der Waals surface area (Å²) in [5.41, 5.74) is 0. The van der Waals surface area contributed by atoms with Gasteiger partial charge in [0.1, 0.15) is 13.2 Å². The molecule has 78 heavy (non-hydrogen) atoms. The third kappa shape index (κ3) is 65.0. The highest BCUT2D eigenvalue weighted by Crippen LogP contribution is 2.19. The fourth-order valence-electron chi connectivity index (χ4n) is 11.2. The van der Waals surface area contributed by atoms with Crippen molar-refractivity contribution in [1.82, 2.24) is 0 Å². The van der Waals surface area contributed by atoms with Crippen LogP contribution in [0.15, 0.2) is 12.2 Å². The molecule has 6 heteroatoms. The van der Waals surface area contributed by atoms with Crippen molar-refractivity contribution in [2.75, 3.05) is 13.2 Å². The van der Waals surface area contributed by atoms with Gasteiger partial charge in [-0.05, 0) is 38.5 Å². The number of carbonyl (C=O) groups is 3. The average molecular weight is 1100 g/mol. The SMILES string of the molecule is CCC/C=C\CCCCCCCC(=O)OCC(COC(=O)CCCCCCCCCCCCCCCCCCCCCCCCCCCCCCCCCCCCC)OC(=O)CCCCCCCCCCCCCCCCC. The lowest BCUT2D eigenvalue weighted by atomic mass is 10.0. The molecule has 0 aliphatic carbocycles. The zero-order chi connectivity index (χ0) is 56.4. The summed E-state index contributed by atoms with van der Waals surface area (Å²) < 4.78 is 16.9. The molecule has 6 nitrogen and oxygen atoms in total. The van der Waals surface area contributed by atoms with Gasteiger partial charge >= 0.3 is 17.9 Å². The molecule has 0 bridgehead atoms. The summed E-state index contributed by atoms with van der Waals surface area (Å²) in [5.74, 6) is -0.848. The zero-order valence-electron chi connectivity index (χ0n) is 53.2. The van der Waals surface area contributed by atoms with Crippen LogP contribution in [0, 0.1) is 0 Å². The lowest BCUT2D eigenvalue weighted by Crippen LogP contribution is -2.30. The van der Waals surface area contributed by atoms with E-state index >= 15 is 0 Å². The Morgan fingerprint density at radius 3 is 0.692 bits per heavy atom. The maximum absolute atomic E-state index is 12.9. The Kier molecular flexibility index (Phi) is 66.0. The lowest BCUT2D eigenvalue weighted by molar-refractivity contribution is -0.167. The lowest BCUT2D eigenvalue weighted by Gasteiger charge is -2.18. The Labute approximate surface area is 488 Å². The first-order valence-corrected chi connectivity index (χ1v) is 35.7. The highest BCUT2D eigenvalue weighted by atomic mass is 16.6. The molecule has 1 atom stereocenters. The van der Waals surface area contributed by atoms with Crippen LogP contribution in [0.2, 0.25) is 0 Å². The molecule has 0 aliphatic rings. The maximum Gasteiger partial charge on any atom is 0.306 e. The Bertz CT molecular complexity index is 1210. The number of allylic oxidation sites excluding steroid dienone is 2. The van der Waals surface area contributed by atoms with Gasteiger partial charge in [0.15, 0.2) is 6.10 Å². The monoisotopic (exact) mass is 1100 g/mol. The number of hydrogen-bond acceptors (Lipinski definition) is 6. The minimum Gasteiger partial charge on any atom is -0.462 e. The van der Waals surface area contributed by atoms with E-state index in [1.54, 1.807) is 0 Å². The molecule has 0 saturated carbocycles. The molecular weight excluding hydrogens is 961 g/mol. The molecule has 0 radical (unpaired) electrons. The third-order valence-electron chi connectivity index (χ3n) is 16.5. The van der Waals surface area contributed by atoms with E-state index in [-0.39, 0.29) is 31.1 Å². The van der Waals surface area contributed by atoms with E-state index < -0.39 is 6.10 Å². The highest BCUT2D eigenvalue weighted by Gasteiger charge is 2.19. The number of unbranched alkanes of at least 4 members (excludes halogenated alkanes) is 54. The molecule has 0 spiro atoms. The van der Waals surface area contributed by atoms with Gasteiger partial charge in [-0.2, -0.15) is 0 Å². The first kappa shape index (κ1) is 76.1. The smallest absolute Gasteiger partial charge is 0.306 e. The van der Waals surface area contributed by atoms with Crippen molar-refractivity contribution in [3.05, 3.63) is 12.2 Å². The predicted octanol–water partition coefficient (Wildman–Crippen LogP) is 24.4. The van der Waals surface area contributed by atoms with Crippen molar-refractivity contribution in [3.63, 3.8) is 0 Å². The van der Waals surface area contributed by atoms with E-state index in [1.165, 1.54) is 302 Å². The zero-order valence-corrected chi connectivity index (χ0v) is 53.2. The summed E-state index contributed by atoms with van der Waals surface area (Å²) in [6.07, 6.45) is 81.4. The number of rotatable bonds is 67. The molecule has 0 fully saturated rings. The molecule has 0 aromatic heterocycles. The predicted molar refractivity (Wildman–Crippen MR) is 340 cm³/mol. The minimum atomic E-state index is -0.768. The summed E-state index contributed by atoms with van der Waals surface area (Å²) in [6.45, 7) is 6.65. The van der Waals surface area contributed by atoms with Crippen LogP contribution in [0.5, 0.6) is 0 Å². The largest absolute Gasteiger partial charge is 0.462 e. The summed E-state index contributed by atoms with van der Waals surface area (Å²) in [7, 11) is 0. The van der Waals surface area contributed by atoms with Crippen molar-refractivity contribution in [1.29, 1.82) is 0 Å². The fraction of sp³-hybridized carbons (Fsp3) is 0.931. The number of ether oxygens (including phenoxy) is 3. The Morgan fingerprint density at radius 1 is 0.244 bits per heavy atom. The summed E-state index contributed by atoms with van der Waals surface area (Å²) >= 11 is 0. The van der Waals surface area contributed by atoms with E-state index in [2.05, 4.69) is 32.9 Å². The van der Waals surface area contributed by atoms with E-state index in [4.69, 9.17) is 14.2 Å². The van der Waals surface area contributed by atoms with Crippen LogP contribution in [0.1, 0.15) is 412 Å². The Hall–Kier alpha value is -1.85. The van der Waals surface area contributed by atoms with Gasteiger partial charge in [0.05, 0.1) is 0 Å². The van der Waals surface area contributed by atoms with Crippen LogP contribution < -0.4 is 0 Å². The van der Waals surface area contributed by atoms with Gasteiger partial charge in [-0.25, -0.2) is 0 Å². The molecule has 0 amide bonds. The van der Waals surface area contributed by atoms with Gasteiger partial charge in [-0.15, -0.1) is 0 Å². The van der Waals surface area contributed by atoms with Crippen LogP contribution in [0.4, 0.5) is 0 Å². The molecular formula is C72H138O6. The Balaban J connectivity index is 3.95. The number of esters is 3. The van der Waals surface area contributed by atoms with Crippen LogP contribution >= 0.6 is 0 Å². The van der Waals surface area contributed by atoms with Gasteiger partial charge in [0, 0.05) is 19.3 Å². The Morgan fingerprint density at radius 2 is 0.449 bits per heavy atom. The molecule has 0 aliphatic heterocycles. The molecule has 0 aromatic carbocycles. The molecule has 0 saturated heterocycles. The normalized spacial score (nSPS) is 12.0. The second-order valence-corrected chi connectivity index (χ2v) is 24.5. The third-order valence-corrected chi connectivity index (χ3v) is 16.5. The molecule has 0 N–H and O–H groups in total. The quantitative estimate of drug-likeness (QED) is 0.0261. The first-order valence-electron chi connectivity index (χ1n) is 35.7. The summed E-state index contributed by atoms with van der Waals surface area (Å²) in [4.78, 5) is 38.2. The van der Waals surface area contributed by atoms with Crippen LogP contribution in [-0.2, 0) is 28.6 Å². The van der Waals surface area contributed by atoms with Crippen LogP contribution in [0.3, 0.4) is 0 Å². The second-order valence-electron chi connectivity index (χ2n) is 24.5. The van der Waals surface area contributed by atoms with Crippen molar-refractivity contribution in [3.8, 4) is 0 Å². The summed E-state index contributed by atoms with van der Waals surface area (Å²) in [5, 5.41) is 0. The van der Waals surface area contributed by atoms with Crippen molar-refractivity contribution >= 4 is 17.9 Å². The van der Waals surface area contributed by atoms with Gasteiger partial charge in [0.2, 0.25) is 0 Å². The topological polar surface area (TPSA) is 78.9 Å². The van der Waals surface area contributed by atoms with Gasteiger partial charge < -0.3 is 14.2 Å². The van der Waals surface area contributed by atoms with Gasteiger partial charge in [-0.1, -0.05) is 367 Å². The van der Waals surface area contributed by atoms with Crippen molar-refractivity contribution < 1.29 is 28.6 Å². The molecule has 0 heterocycles. The minimum absolute atomic E-state index is 0.0664. The van der Waals surface area contributed by atoms with Crippen molar-refractivity contribution in [2.45, 2.75) is 419 Å².